The molecule has 4 aromatic rings. The normalized spacial score (nSPS) is 15.3. The van der Waals surface area contributed by atoms with Crippen molar-refractivity contribution in [1.82, 2.24) is 10.2 Å². The summed E-state index contributed by atoms with van der Waals surface area (Å²) in [7, 11) is 1.63. The summed E-state index contributed by atoms with van der Waals surface area (Å²) in [5.41, 5.74) is 4.77. The molecule has 0 aliphatic carbocycles. The van der Waals surface area contributed by atoms with E-state index in [1.165, 1.54) is 0 Å². The number of anilines is 1. The Bertz CT molecular complexity index is 1250. The number of carbonyl (C=O) groups is 1. The van der Waals surface area contributed by atoms with Gasteiger partial charge in [0.15, 0.2) is 0 Å². The molecule has 5 rings (SSSR count). The van der Waals surface area contributed by atoms with E-state index in [4.69, 9.17) is 16.3 Å². The van der Waals surface area contributed by atoms with Crippen LogP contribution >= 0.6 is 27.5 Å². The van der Waals surface area contributed by atoms with E-state index in [0.29, 0.717) is 10.7 Å². The predicted octanol–water partition coefficient (Wildman–Crippen LogP) is 6.25. The van der Waals surface area contributed by atoms with Gasteiger partial charge in [0.2, 0.25) is 0 Å². The highest BCUT2D eigenvalue weighted by molar-refractivity contribution is 9.10. The van der Waals surface area contributed by atoms with Crippen LogP contribution in [0.15, 0.2) is 77.3 Å². The Balaban J connectivity index is 1.70. The van der Waals surface area contributed by atoms with Crippen LogP contribution in [0.3, 0.4) is 0 Å². The van der Waals surface area contributed by atoms with Crippen LogP contribution in [0, 0.1) is 0 Å². The van der Waals surface area contributed by atoms with Gasteiger partial charge in [0.25, 0.3) is 5.91 Å². The molecule has 0 radical (unpaired) electrons. The topological polar surface area (TPSA) is 58.2 Å². The quantitative estimate of drug-likeness (QED) is 0.365. The van der Waals surface area contributed by atoms with Crippen LogP contribution in [0.4, 0.5) is 5.69 Å². The third-order valence-electron chi connectivity index (χ3n) is 5.42. The van der Waals surface area contributed by atoms with Crippen molar-refractivity contribution in [3.63, 3.8) is 0 Å². The summed E-state index contributed by atoms with van der Waals surface area (Å²) in [5.74, 6) is 0.626. The molecule has 0 saturated carbocycles. The van der Waals surface area contributed by atoms with E-state index in [9.17, 15) is 4.79 Å². The van der Waals surface area contributed by atoms with Crippen molar-refractivity contribution in [3.8, 4) is 17.0 Å². The molecule has 1 aliphatic heterocycles. The second-order valence-electron chi connectivity index (χ2n) is 7.20. The molecule has 3 aromatic carbocycles. The van der Waals surface area contributed by atoms with E-state index < -0.39 is 0 Å². The number of aromatic nitrogens is 2. The van der Waals surface area contributed by atoms with E-state index in [0.717, 1.165) is 38.3 Å². The number of H-pyrrole nitrogens is 1. The monoisotopic (exact) mass is 493 g/mol. The largest absolute Gasteiger partial charge is 0.497 e. The number of amides is 1. The van der Waals surface area contributed by atoms with Gasteiger partial charge in [-0.1, -0.05) is 51.8 Å². The first-order chi connectivity index (χ1) is 15.1. The number of nitrogens with zero attached hydrogens (tertiary/aromatic N) is 2. The zero-order valence-corrected chi connectivity index (χ0v) is 18.8. The number of carbonyl (C=O) groups excluding carboxylic acids is 1. The molecule has 7 heteroatoms. The predicted molar refractivity (Wildman–Crippen MR) is 125 cm³/mol. The van der Waals surface area contributed by atoms with Gasteiger partial charge in [-0.15, -0.1) is 0 Å². The van der Waals surface area contributed by atoms with Crippen molar-refractivity contribution in [2.24, 2.45) is 0 Å². The Hall–Kier alpha value is -3.09. The SMILES string of the molecule is COc1ccc([C@H]2c3c(-c4ccc(Br)cc4)n[nH]c3C(=O)N2c2ccc(Cl)cc2)cc1. The average Bonchev–Trinajstić information content (AvgIpc) is 3.34. The van der Waals surface area contributed by atoms with E-state index in [1.54, 1.807) is 24.1 Å². The van der Waals surface area contributed by atoms with Gasteiger partial charge in [0.05, 0.1) is 18.8 Å². The van der Waals surface area contributed by atoms with E-state index >= 15 is 0 Å². The molecular formula is C24H17BrClN3O2. The van der Waals surface area contributed by atoms with Crippen LogP contribution in [-0.2, 0) is 0 Å². The molecule has 2 heterocycles. The minimum absolute atomic E-state index is 0.131. The molecule has 0 saturated heterocycles. The Kier molecular flexibility index (Phi) is 5.04. The van der Waals surface area contributed by atoms with Crippen molar-refractivity contribution in [2.75, 3.05) is 12.0 Å². The van der Waals surface area contributed by atoms with Gasteiger partial charge < -0.3 is 4.74 Å². The average molecular weight is 495 g/mol. The second kappa shape index (κ2) is 7.87. The maximum atomic E-state index is 13.5. The summed E-state index contributed by atoms with van der Waals surface area (Å²) in [6.45, 7) is 0. The van der Waals surface area contributed by atoms with Crippen LogP contribution in [0.25, 0.3) is 11.3 Å². The molecule has 1 aliphatic rings. The zero-order valence-electron chi connectivity index (χ0n) is 16.5. The van der Waals surface area contributed by atoms with Crippen LogP contribution in [0.2, 0.25) is 5.02 Å². The van der Waals surface area contributed by atoms with Crippen LogP contribution in [-0.4, -0.2) is 23.2 Å². The number of hydrogen-bond donors (Lipinski definition) is 1. The molecule has 0 bridgehead atoms. The number of fused-ring (bicyclic) bond motifs is 1. The third kappa shape index (κ3) is 3.42. The Morgan fingerprint density at radius 3 is 2.32 bits per heavy atom. The minimum Gasteiger partial charge on any atom is -0.497 e. The Morgan fingerprint density at radius 2 is 1.68 bits per heavy atom. The summed E-state index contributed by atoms with van der Waals surface area (Å²) >= 11 is 9.57. The minimum atomic E-state index is -0.341. The molecule has 0 fully saturated rings. The lowest BCUT2D eigenvalue weighted by molar-refractivity contribution is 0.0989. The van der Waals surface area contributed by atoms with Gasteiger partial charge in [-0.25, -0.2) is 0 Å². The molecule has 5 nitrogen and oxygen atoms in total. The summed E-state index contributed by atoms with van der Waals surface area (Å²) in [4.78, 5) is 15.3. The fourth-order valence-electron chi connectivity index (χ4n) is 3.94. The lowest BCUT2D eigenvalue weighted by Crippen LogP contribution is -2.29. The maximum absolute atomic E-state index is 13.5. The number of ether oxygens (including phenoxy) is 1. The van der Waals surface area contributed by atoms with Gasteiger partial charge in [-0.05, 0) is 54.1 Å². The molecule has 1 atom stereocenters. The lowest BCUT2D eigenvalue weighted by atomic mass is 9.96. The number of hydrogen-bond acceptors (Lipinski definition) is 3. The number of aromatic amines is 1. The number of halogens is 2. The van der Waals surface area contributed by atoms with E-state index in [1.807, 2.05) is 60.7 Å². The number of rotatable bonds is 4. The summed E-state index contributed by atoms with van der Waals surface area (Å²) in [6, 6.07) is 22.6. The number of methoxy groups -OCH3 is 1. The second-order valence-corrected chi connectivity index (χ2v) is 8.55. The van der Waals surface area contributed by atoms with Crippen molar-refractivity contribution in [1.29, 1.82) is 0 Å². The highest BCUT2D eigenvalue weighted by Crippen LogP contribution is 2.45. The molecule has 0 unspecified atom stereocenters. The van der Waals surface area contributed by atoms with Crippen LogP contribution in [0.5, 0.6) is 5.75 Å². The van der Waals surface area contributed by atoms with E-state index in [2.05, 4.69) is 26.1 Å². The highest BCUT2D eigenvalue weighted by Gasteiger charge is 2.43. The van der Waals surface area contributed by atoms with Gasteiger partial charge >= 0.3 is 0 Å². The Morgan fingerprint density at radius 1 is 1.00 bits per heavy atom. The molecule has 31 heavy (non-hydrogen) atoms. The lowest BCUT2D eigenvalue weighted by Gasteiger charge is -2.26. The smallest absolute Gasteiger partial charge is 0.277 e. The van der Waals surface area contributed by atoms with Crippen molar-refractivity contribution < 1.29 is 9.53 Å². The maximum Gasteiger partial charge on any atom is 0.277 e. The van der Waals surface area contributed by atoms with Crippen molar-refractivity contribution >= 4 is 39.1 Å². The molecule has 1 aromatic heterocycles. The van der Waals surface area contributed by atoms with Crippen LogP contribution in [0.1, 0.15) is 27.7 Å². The first kappa shape index (κ1) is 19.8. The molecule has 154 valence electrons. The first-order valence-electron chi connectivity index (χ1n) is 9.64. The summed E-state index contributed by atoms with van der Waals surface area (Å²) in [5, 5.41) is 8.10. The third-order valence-corrected chi connectivity index (χ3v) is 6.20. The first-order valence-corrected chi connectivity index (χ1v) is 10.8. The zero-order chi connectivity index (χ0) is 21.5. The van der Waals surface area contributed by atoms with Crippen molar-refractivity contribution in [2.45, 2.75) is 6.04 Å². The van der Waals surface area contributed by atoms with Gasteiger partial charge in [-0.2, -0.15) is 5.10 Å². The van der Waals surface area contributed by atoms with Crippen LogP contribution < -0.4 is 9.64 Å². The van der Waals surface area contributed by atoms with Gasteiger partial charge in [0.1, 0.15) is 11.4 Å². The fraction of sp³-hybridized carbons (Fsp3) is 0.0833. The molecular weight excluding hydrogens is 478 g/mol. The number of nitrogens with one attached hydrogen (secondary N) is 1. The van der Waals surface area contributed by atoms with E-state index in [-0.39, 0.29) is 11.9 Å². The summed E-state index contributed by atoms with van der Waals surface area (Å²) < 4.78 is 6.30. The molecule has 1 amide bonds. The molecule has 0 spiro atoms. The van der Waals surface area contributed by atoms with Crippen molar-refractivity contribution in [3.05, 3.63) is 99.1 Å². The Labute approximate surface area is 192 Å². The molecule has 1 N–H and O–H groups in total. The van der Waals surface area contributed by atoms with Gasteiger partial charge in [-0.3, -0.25) is 14.8 Å². The fourth-order valence-corrected chi connectivity index (χ4v) is 4.33. The van der Waals surface area contributed by atoms with Gasteiger partial charge in [0, 0.05) is 26.3 Å². The number of benzene rings is 3. The highest BCUT2D eigenvalue weighted by atomic mass is 79.9. The summed E-state index contributed by atoms with van der Waals surface area (Å²) in [6.07, 6.45) is 0. The standard InChI is InChI=1S/C24H17BrClN3O2/c1-31-19-12-4-15(5-13-19)23-20-21(14-2-6-16(25)7-3-14)27-28-22(20)24(30)29(23)18-10-8-17(26)9-11-18/h2-13,23H,1H3,(H,27,28)/t23-/m0/s1.